The fourth-order valence-electron chi connectivity index (χ4n) is 3.56. The topological polar surface area (TPSA) is 67.2 Å². The van der Waals surface area contributed by atoms with E-state index in [1.807, 2.05) is 7.05 Å². The van der Waals surface area contributed by atoms with Crippen LogP contribution in [0.25, 0.3) is 11.0 Å². The molecule has 0 atom stereocenters. The van der Waals surface area contributed by atoms with Crippen molar-refractivity contribution in [3.8, 4) is 0 Å². The van der Waals surface area contributed by atoms with Crippen LogP contribution in [-0.2, 0) is 18.3 Å². The Morgan fingerprint density at radius 1 is 1.29 bits per heavy atom. The summed E-state index contributed by atoms with van der Waals surface area (Å²) in [5.74, 6) is 0.860. The van der Waals surface area contributed by atoms with Crippen molar-refractivity contribution in [3.05, 3.63) is 41.9 Å². The molecule has 0 radical (unpaired) electrons. The summed E-state index contributed by atoms with van der Waals surface area (Å²) < 4.78 is 7.68. The fraction of sp³-hybridized carbons (Fsp3) is 0.429. The molecule has 1 aromatic carbocycles. The molecule has 0 bridgehead atoms. The Bertz CT molecular complexity index is 980. The van der Waals surface area contributed by atoms with Gasteiger partial charge in [-0.05, 0) is 44.4 Å². The minimum atomic E-state index is 0.262. The molecule has 3 heterocycles. The maximum absolute atomic E-state index is 5.63. The standard InChI is InChI=1S/C21H28N6O/c1-14(2)28-9-5-8-22-20-19-18(12-26(4)21(19)24-13-23-20)27-11-16-7-6-15(3)10-17(16)25-27/h6-7,10,12-14,25H,5,8-9,11H2,1-4H3,(H,22,23,24). The third-order valence-electron chi connectivity index (χ3n) is 4.94. The lowest BCUT2D eigenvalue weighted by atomic mass is 10.1. The summed E-state index contributed by atoms with van der Waals surface area (Å²) in [6.07, 6.45) is 4.92. The van der Waals surface area contributed by atoms with Gasteiger partial charge in [-0.15, -0.1) is 0 Å². The summed E-state index contributed by atoms with van der Waals surface area (Å²) in [7, 11) is 2.02. The molecule has 0 aliphatic carbocycles. The van der Waals surface area contributed by atoms with Gasteiger partial charge in [-0.25, -0.2) is 9.97 Å². The van der Waals surface area contributed by atoms with Crippen LogP contribution < -0.4 is 15.8 Å². The molecule has 1 aliphatic heterocycles. The number of hydrazine groups is 1. The number of hydrogen-bond acceptors (Lipinski definition) is 6. The zero-order valence-corrected chi connectivity index (χ0v) is 17.0. The predicted molar refractivity (Wildman–Crippen MR) is 114 cm³/mol. The normalized spacial score (nSPS) is 13.2. The Kier molecular flexibility index (Phi) is 5.09. The molecule has 7 heteroatoms. The van der Waals surface area contributed by atoms with Gasteiger partial charge in [-0.3, -0.25) is 10.4 Å². The van der Waals surface area contributed by atoms with E-state index in [1.54, 1.807) is 6.33 Å². The highest BCUT2D eigenvalue weighted by Gasteiger charge is 2.24. The highest BCUT2D eigenvalue weighted by atomic mass is 16.5. The van der Waals surface area contributed by atoms with Gasteiger partial charge in [0.2, 0.25) is 0 Å². The Morgan fingerprint density at radius 2 is 2.14 bits per heavy atom. The molecule has 0 saturated carbocycles. The van der Waals surface area contributed by atoms with Crippen molar-refractivity contribution in [2.24, 2.45) is 7.05 Å². The molecule has 148 valence electrons. The molecule has 28 heavy (non-hydrogen) atoms. The molecule has 0 amide bonds. The SMILES string of the molecule is Cc1ccc2c(c1)NN(c1cn(C)c3ncnc(NCCCOC(C)C)c13)C2. The first-order chi connectivity index (χ1) is 13.5. The average molecular weight is 380 g/mol. The third-order valence-corrected chi connectivity index (χ3v) is 4.94. The van der Waals surface area contributed by atoms with E-state index in [4.69, 9.17) is 4.74 Å². The van der Waals surface area contributed by atoms with E-state index >= 15 is 0 Å². The fourth-order valence-corrected chi connectivity index (χ4v) is 3.56. The molecule has 2 N–H and O–H groups in total. The van der Waals surface area contributed by atoms with E-state index in [0.29, 0.717) is 0 Å². The molecule has 0 fully saturated rings. The zero-order chi connectivity index (χ0) is 19.7. The van der Waals surface area contributed by atoms with Crippen LogP contribution >= 0.6 is 0 Å². The number of anilines is 3. The molecule has 7 nitrogen and oxygen atoms in total. The Morgan fingerprint density at radius 3 is 2.96 bits per heavy atom. The molecular weight excluding hydrogens is 352 g/mol. The number of nitrogens with one attached hydrogen (secondary N) is 2. The van der Waals surface area contributed by atoms with Gasteiger partial charge in [0, 0.05) is 26.4 Å². The number of fused-ring (bicyclic) bond motifs is 2. The minimum Gasteiger partial charge on any atom is -0.379 e. The first-order valence-electron chi connectivity index (χ1n) is 9.82. The smallest absolute Gasteiger partial charge is 0.147 e. The average Bonchev–Trinajstić information content (AvgIpc) is 3.22. The van der Waals surface area contributed by atoms with Crippen LogP contribution in [0.4, 0.5) is 17.2 Å². The second kappa shape index (κ2) is 7.67. The number of ether oxygens (including phenoxy) is 1. The van der Waals surface area contributed by atoms with Gasteiger partial charge in [0.05, 0.1) is 29.4 Å². The van der Waals surface area contributed by atoms with Gasteiger partial charge >= 0.3 is 0 Å². The van der Waals surface area contributed by atoms with Gasteiger partial charge in [-0.1, -0.05) is 12.1 Å². The summed E-state index contributed by atoms with van der Waals surface area (Å²) in [6.45, 7) is 8.58. The number of rotatable bonds is 7. The first kappa shape index (κ1) is 18.6. The van der Waals surface area contributed by atoms with Crippen LogP contribution in [0.3, 0.4) is 0 Å². The quantitative estimate of drug-likeness (QED) is 0.607. The van der Waals surface area contributed by atoms with E-state index in [9.17, 15) is 0 Å². The van der Waals surface area contributed by atoms with Crippen molar-refractivity contribution >= 4 is 28.2 Å². The molecule has 1 aliphatic rings. The van der Waals surface area contributed by atoms with Crippen LogP contribution in [0.15, 0.2) is 30.7 Å². The molecule has 0 unspecified atom stereocenters. The summed E-state index contributed by atoms with van der Waals surface area (Å²) in [5, 5.41) is 6.67. The number of hydrogen-bond donors (Lipinski definition) is 2. The van der Waals surface area contributed by atoms with Gasteiger partial charge in [-0.2, -0.15) is 0 Å². The lowest BCUT2D eigenvalue weighted by molar-refractivity contribution is 0.0787. The van der Waals surface area contributed by atoms with Crippen molar-refractivity contribution in [2.75, 3.05) is 28.9 Å². The monoisotopic (exact) mass is 380 g/mol. The van der Waals surface area contributed by atoms with Crippen molar-refractivity contribution in [2.45, 2.75) is 39.8 Å². The molecule has 4 rings (SSSR count). The van der Waals surface area contributed by atoms with Crippen LogP contribution in [-0.4, -0.2) is 33.8 Å². The van der Waals surface area contributed by atoms with E-state index in [2.05, 4.69) is 75.5 Å². The summed E-state index contributed by atoms with van der Waals surface area (Å²) in [5.41, 5.74) is 9.23. The van der Waals surface area contributed by atoms with E-state index < -0.39 is 0 Å². The van der Waals surface area contributed by atoms with Crippen LogP contribution in [0.1, 0.15) is 31.4 Å². The van der Waals surface area contributed by atoms with Crippen molar-refractivity contribution in [1.82, 2.24) is 14.5 Å². The first-order valence-corrected chi connectivity index (χ1v) is 9.82. The largest absolute Gasteiger partial charge is 0.379 e. The number of benzene rings is 1. The van der Waals surface area contributed by atoms with Crippen molar-refractivity contribution in [1.29, 1.82) is 0 Å². The molecule has 0 saturated heterocycles. The van der Waals surface area contributed by atoms with Gasteiger partial charge in [0.25, 0.3) is 0 Å². The van der Waals surface area contributed by atoms with Gasteiger partial charge in [0.15, 0.2) is 0 Å². The van der Waals surface area contributed by atoms with E-state index in [-0.39, 0.29) is 6.10 Å². The van der Waals surface area contributed by atoms with E-state index in [0.717, 1.165) is 54.3 Å². The molecule has 0 spiro atoms. The number of nitrogens with zero attached hydrogens (tertiary/aromatic N) is 4. The highest BCUT2D eigenvalue weighted by Crippen LogP contribution is 2.37. The molecule has 3 aromatic rings. The van der Waals surface area contributed by atoms with Crippen molar-refractivity contribution < 1.29 is 4.74 Å². The minimum absolute atomic E-state index is 0.262. The zero-order valence-electron chi connectivity index (χ0n) is 17.0. The Balaban J connectivity index is 1.57. The lowest BCUT2D eigenvalue weighted by Crippen LogP contribution is -2.22. The highest BCUT2D eigenvalue weighted by molar-refractivity contribution is 6.00. The maximum atomic E-state index is 5.63. The summed E-state index contributed by atoms with van der Waals surface area (Å²) in [6, 6.07) is 6.53. The van der Waals surface area contributed by atoms with Crippen molar-refractivity contribution in [3.63, 3.8) is 0 Å². The second-order valence-electron chi connectivity index (χ2n) is 7.60. The van der Waals surface area contributed by atoms with Gasteiger partial charge < -0.3 is 14.6 Å². The Labute approximate surface area is 165 Å². The maximum Gasteiger partial charge on any atom is 0.147 e. The Hall–Kier alpha value is -2.80. The van der Waals surface area contributed by atoms with Crippen LogP contribution in [0, 0.1) is 6.92 Å². The number of aromatic nitrogens is 3. The summed E-state index contributed by atoms with van der Waals surface area (Å²) >= 11 is 0. The predicted octanol–water partition coefficient (Wildman–Crippen LogP) is 3.85. The molecule has 2 aromatic heterocycles. The van der Waals surface area contributed by atoms with Crippen LogP contribution in [0.2, 0.25) is 0 Å². The molecular formula is C21H28N6O. The van der Waals surface area contributed by atoms with Gasteiger partial charge in [0.1, 0.15) is 17.8 Å². The van der Waals surface area contributed by atoms with E-state index in [1.165, 1.54) is 11.1 Å². The number of aryl methyl sites for hydroxylation is 2. The van der Waals surface area contributed by atoms with Crippen LogP contribution in [0.5, 0.6) is 0 Å². The third kappa shape index (κ3) is 3.62. The second-order valence-corrected chi connectivity index (χ2v) is 7.60. The summed E-state index contributed by atoms with van der Waals surface area (Å²) in [4.78, 5) is 9.01. The lowest BCUT2D eigenvalue weighted by Gasteiger charge is -2.18.